The quantitative estimate of drug-likeness (QED) is 0.0522. The van der Waals surface area contributed by atoms with Crippen molar-refractivity contribution >= 4 is 5.97 Å². The molecule has 0 aromatic rings. The minimum Gasteiger partial charge on any atom is -0.462 e. The molecule has 0 N–H and O–H groups in total. The van der Waals surface area contributed by atoms with Crippen LogP contribution in [0.4, 0.5) is 0 Å². The van der Waals surface area contributed by atoms with Crippen molar-refractivity contribution in [3.05, 3.63) is 60.8 Å². The number of rotatable bonds is 29. The normalized spacial score (nSPS) is 13.2. The Bertz CT molecular complexity index is 667. The van der Waals surface area contributed by atoms with E-state index in [1.807, 2.05) is 0 Å². The molecule has 0 aliphatic heterocycles. The molecular formula is C38H66O2. The first kappa shape index (κ1) is 38.2. The van der Waals surface area contributed by atoms with E-state index in [4.69, 9.17) is 4.74 Å². The topological polar surface area (TPSA) is 26.3 Å². The highest BCUT2D eigenvalue weighted by molar-refractivity contribution is 5.69. The monoisotopic (exact) mass is 555 g/mol. The summed E-state index contributed by atoms with van der Waals surface area (Å²) in [4.78, 5) is 12.5. The van der Waals surface area contributed by atoms with Crippen molar-refractivity contribution in [2.24, 2.45) is 0 Å². The van der Waals surface area contributed by atoms with Crippen molar-refractivity contribution in [3.8, 4) is 0 Å². The van der Waals surface area contributed by atoms with Crippen molar-refractivity contribution in [3.63, 3.8) is 0 Å². The fourth-order valence-corrected chi connectivity index (χ4v) is 4.60. The Morgan fingerprint density at radius 2 is 0.925 bits per heavy atom. The smallest absolute Gasteiger partial charge is 0.306 e. The van der Waals surface area contributed by atoms with Crippen LogP contribution in [-0.4, -0.2) is 12.1 Å². The third kappa shape index (κ3) is 30.7. The molecular weight excluding hydrogens is 488 g/mol. The number of ether oxygens (including phenoxy) is 1. The fourth-order valence-electron chi connectivity index (χ4n) is 4.60. The van der Waals surface area contributed by atoms with Crippen molar-refractivity contribution in [1.82, 2.24) is 0 Å². The van der Waals surface area contributed by atoms with E-state index in [-0.39, 0.29) is 12.1 Å². The Kier molecular flexibility index (Phi) is 31.8. The lowest BCUT2D eigenvalue weighted by atomic mass is 10.1. The Labute approximate surface area is 250 Å². The van der Waals surface area contributed by atoms with Crippen LogP contribution >= 0.6 is 0 Å². The second-order valence-corrected chi connectivity index (χ2v) is 11.2. The molecule has 0 aliphatic rings. The molecule has 2 heteroatoms. The van der Waals surface area contributed by atoms with Gasteiger partial charge in [0.1, 0.15) is 6.10 Å². The molecule has 1 atom stereocenters. The van der Waals surface area contributed by atoms with Crippen LogP contribution in [0.3, 0.4) is 0 Å². The highest BCUT2D eigenvalue weighted by atomic mass is 16.5. The summed E-state index contributed by atoms with van der Waals surface area (Å²) in [6, 6.07) is 0. The summed E-state index contributed by atoms with van der Waals surface area (Å²) in [5, 5.41) is 0. The van der Waals surface area contributed by atoms with Crippen LogP contribution in [0.25, 0.3) is 0 Å². The lowest BCUT2D eigenvalue weighted by Gasteiger charge is -2.16. The summed E-state index contributed by atoms with van der Waals surface area (Å²) in [6.07, 6.45) is 48.9. The van der Waals surface area contributed by atoms with Crippen LogP contribution in [0, 0.1) is 0 Å². The lowest BCUT2D eigenvalue weighted by molar-refractivity contribution is -0.149. The second-order valence-electron chi connectivity index (χ2n) is 11.2. The molecule has 2 nitrogen and oxygen atoms in total. The highest BCUT2D eigenvalue weighted by Gasteiger charge is 2.12. The molecule has 0 spiro atoms. The summed E-state index contributed by atoms with van der Waals surface area (Å²) >= 11 is 0. The SMILES string of the molecule is CCCCC/C=C\C/C=C\C/C=C\C/C=C\CCCC(=O)OC(CC=CCCCCCCCC)CCCCCC. The second kappa shape index (κ2) is 33.4. The average Bonchev–Trinajstić information content (AvgIpc) is 2.95. The van der Waals surface area contributed by atoms with Gasteiger partial charge in [-0.25, -0.2) is 0 Å². The lowest BCUT2D eigenvalue weighted by Crippen LogP contribution is -2.17. The highest BCUT2D eigenvalue weighted by Crippen LogP contribution is 2.15. The Morgan fingerprint density at radius 1 is 0.500 bits per heavy atom. The van der Waals surface area contributed by atoms with Gasteiger partial charge in [0.15, 0.2) is 0 Å². The van der Waals surface area contributed by atoms with Gasteiger partial charge >= 0.3 is 5.97 Å². The summed E-state index contributed by atoms with van der Waals surface area (Å²) in [7, 11) is 0. The van der Waals surface area contributed by atoms with Gasteiger partial charge in [-0.15, -0.1) is 0 Å². The van der Waals surface area contributed by atoms with Gasteiger partial charge < -0.3 is 4.74 Å². The molecule has 0 heterocycles. The van der Waals surface area contributed by atoms with E-state index in [0.717, 1.165) is 57.8 Å². The van der Waals surface area contributed by atoms with Crippen molar-refractivity contribution in [1.29, 1.82) is 0 Å². The van der Waals surface area contributed by atoms with E-state index in [1.54, 1.807) is 0 Å². The summed E-state index contributed by atoms with van der Waals surface area (Å²) < 4.78 is 5.90. The number of unbranched alkanes of at least 4 members (excludes halogenated alkanes) is 13. The maximum absolute atomic E-state index is 12.5. The molecule has 40 heavy (non-hydrogen) atoms. The number of hydrogen-bond acceptors (Lipinski definition) is 2. The van der Waals surface area contributed by atoms with Gasteiger partial charge in [0.25, 0.3) is 0 Å². The van der Waals surface area contributed by atoms with Gasteiger partial charge in [-0.05, 0) is 70.6 Å². The van der Waals surface area contributed by atoms with Crippen LogP contribution in [0.1, 0.15) is 168 Å². The number of carbonyl (C=O) groups is 1. The van der Waals surface area contributed by atoms with Crippen LogP contribution in [0.2, 0.25) is 0 Å². The van der Waals surface area contributed by atoms with E-state index >= 15 is 0 Å². The van der Waals surface area contributed by atoms with Crippen LogP contribution < -0.4 is 0 Å². The predicted octanol–water partition coefficient (Wildman–Crippen LogP) is 12.7. The minimum atomic E-state index is -0.0271. The predicted molar refractivity (Wildman–Crippen MR) is 179 cm³/mol. The van der Waals surface area contributed by atoms with Crippen LogP contribution in [0.15, 0.2) is 60.8 Å². The Morgan fingerprint density at radius 3 is 1.52 bits per heavy atom. The molecule has 0 aliphatic carbocycles. The van der Waals surface area contributed by atoms with Gasteiger partial charge in [-0.3, -0.25) is 4.79 Å². The maximum Gasteiger partial charge on any atom is 0.306 e. The first-order valence-corrected chi connectivity index (χ1v) is 17.2. The summed E-state index contributed by atoms with van der Waals surface area (Å²) in [5.74, 6) is -0.0271. The Balaban J connectivity index is 4.03. The Hall–Kier alpha value is -1.83. The van der Waals surface area contributed by atoms with Crippen molar-refractivity contribution < 1.29 is 9.53 Å². The first-order chi connectivity index (χ1) is 19.7. The molecule has 0 saturated heterocycles. The molecule has 230 valence electrons. The van der Waals surface area contributed by atoms with Gasteiger partial charge in [0.05, 0.1) is 0 Å². The summed E-state index contributed by atoms with van der Waals surface area (Å²) in [6.45, 7) is 6.75. The standard InChI is InChI=1S/C38H66O2/c1-4-7-10-13-15-17-18-19-20-21-22-23-24-26-28-30-33-36-38(39)40-37(34-31-12-9-6-3)35-32-29-27-25-16-14-11-8-5-2/h15,17,19-20,22-23,26,28-29,32,37H,4-14,16,18,21,24-25,27,30-31,33-36H2,1-3H3/b17-15-,20-19-,23-22-,28-26-,32-29?. The van der Waals surface area contributed by atoms with Gasteiger partial charge in [0.2, 0.25) is 0 Å². The van der Waals surface area contributed by atoms with Gasteiger partial charge in [-0.1, -0.05) is 146 Å². The van der Waals surface area contributed by atoms with E-state index in [9.17, 15) is 4.79 Å². The zero-order valence-corrected chi connectivity index (χ0v) is 26.9. The molecule has 0 saturated carbocycles. The molecule has 0 rings (SSSR count). The largest absolute Gasteiger partial charge is 0.462 e. The van der Waals surface area contributed by atoms with Crippen molar-refractivity contribution in [2.75, 3.05) is 0 Å². The zero-order chi connectivity index (χ0) is 29.2. The van der Waals surface area contributed by atoms with E-state index in [2.05, 4.69) is 81.5 Å². The molecule has 0 fully saturated rings. The van der Waals surface area contributed by atoms with Gasteiger partial charge in [0, 0.05) is 12.8 Å². The third-order valence-electron chi connectivity index (χ3n) is 7.18. The zero-order valence-electron chi connectivity index (χ0n) is 26.9. The van der Waals surface area contributed by atoms with E-state index in [0.29, 0.717) is 6.42 Å². The van der Waals surface area contributed by atoms with Crippen LogP contribution in [-0.2, 0) is 9.53 Å². The van der Waals surface area contributed by atoms with E-state index in [1.165, 1.54) is 83.5 Å². The fraction of sp³-hybridized carbons (Fsp3) is 0.711. The van der Waals surface area contributed by atoms with Crippen molar-refractivity contribution in [2.45, 2.75) is 175 Å². The third-order valence-corrected chi connectivity index (χ3v) is 7.18. The van der Waals surface area contributed by atoms with Crippen LogP contribution in [0.5, 0.6) is 0 Å². The molecule has 1 unspecified atom stereocenters. The molecule has 0 amide bonds. The minimum absolute atomic E-state index is 0.0271. The first-order valence-electron chi connectivity index (χ1n) is 17.2. The average molecular weight is 555 g/mol. The molecule has 0 radical (unpaired) electrons. The molecule has 0 aromatic heterocycles. The summed E-state index contributed by atoms with van der Waals surface area (Å²) in [5.41, 5.74) is 0. The molecule has 0 bridgehead atoms. The number of carbonyl (C=O) groups excluding carboxylic acids is 1. The maximum atomic E-state index is 12.5. The number of hydrogen-bond donors (Lipinski definition) is 0. The van der Waals surface area contributed by atoms with Gasteiger partial charge in [-0.2, -0.15) is 0 Å². The number of allylic oxidation sites excluding steroid dienone is 9. The number of esters is 1. The van der Waals surface area contributed by atoms with E-state index < -0.39 is 0 Å². The molecule has 0 aromatic carbocycles.